The molecule has 66 heavy (non-hydrogen) atoms. The highest BCUT2D eigenvalue weighted by Crippen LogP contribution is 2.38. The number of phosphoric ester groups is 1. The van der Waals surface area contributed by atoms with Crippen molar-refractivity contribution < 1.29 is 32.9 Å². The zero-order valence-electron chi connectivity index (χ0n) is 44.9. The van der Waals surface area contributed by atoms with Crippen LogP contribution in [-0.2, 0) is 18.4 Å². The first-order valence-electron chi connectivity index (χ1n) is 29.1. The molecule has 0 rings (SSSR count). The number of hydrogen-bond acceptors (Lipinski definition) is 6. The molecule has 394 valence electrons. The Balaban J connectivity index is 3.52. The van der Waals surface area contributed by atoms with Crippen molar-refractivity contribution in [1.29, 1.82) is 0 Å². The molecule has 0 radical (unpaired) electrons. The maximum absolute atomic E-state index is 12.7. The molecular formula is C57H115N2O6P. The first-order chi connectivity index (χ1) is 32.0. The van der Waals surface area contributed by atoms with E-state index in [4.69, 9.17) is 9.05 Å². The monoisotopic (exact) mass is 955 g/mol. The third-order valence-electron chi connectivity index (χ3n) is 13.5. The third-order valence-corrected chi connectivity index (χ3v) is 14.4. The van der Waals surface area contributed by atoms with E-state index in [9.17, 15) is 19.4 Å². The molecule has 8 nitrogen and oxygen atoms in total. The molecule has 0 saturated heterocycles. The van der Waals surface area contributed by atoms with E-state index in [1.807, 2.05) is 34.1 Å². The number of likely N-dealkylation sites (N-methyl/N-ethyl adjacent to an activating group) is 1. The number of phosphoric acid groups is 1. The number of aliphatic hydroxyl groups is 1. The van der Waals surface area contributed by atoms with Crippen LogP contribution in [0, 0.1) is 0 Å². The van der Waals surface area contributed by atoms with Gasteiger partial charge in [0.05, 0.1) is 39.9 Å². The lowest BCUT2D eigenvalue weighted by atomic mass is 10.0. The van der Waals surface area contributed by atoms with Gasteiger partial charge in [-0.25, -0.2) is 0 Å². The highest BCUT2D eigenvalue weighted by molar-refractivity contribution is 7.45. The normalized spacial score (nSPS) is 14.0. The van der Waals surface area contributed by atoms with Gasteiger partial charge < -0.3 is 28.8 Å². The van der Waals surface area contributed by atoms with Crippen LogP contribution in [-0.4, -0.2) is 68.5 Å². The van der Waals surface area contributed by atoms with Crippen LogP contribution in [0.25, 0.3) is 0 Å². The summed E-state index contributed by atoms with van der Waals surface area (Å²) in [5.74, 6) is -0.204. The Morgan fingerprint density at radius 2 is 0.818 bits per heavy atom. The fourth-order valence-corrected chi connectivity index (χ4v) is 9.65. The molecule has 3 unspecified atom stereocenters. The molecule has 0 aliphatic carbocycles. The summed E-state index contributed by atoms with van der Waals surface area (Å²) in [5, 5.41) is 13.5. The molecule has 0 fully saturated rings. The van der Waals surface area contributed by atoms with E-state index in [1.165, 1.54) is 244 Å². The summed E-state index contributed by atoms with van der Waals surface area (Å²) in [6.45, 7) is 4.46. The van der Waals surface area contributed by atoms with E-state index in [1.54, 1.807) is 6.08 Å². The Morgan fingerprint density at radius 1 is 0.515 bits per heavy atom. The molecule has 0 bridgehead atoms. The molecule has 0 heterocycles. The van der Waals surface area contributed by atoms with E-state index >= 15 is 0 Å². The Bertz CT molecular complexity index is 1080. The van der Waals surface area contributed by atoms with Crippen LogP contribution >= 0.6 is 7.82 Å². The predicted molar refractivity (Wildman–Crippen MR) is 284 cm³/mol. The molecule has 0 saturated carbocycles. The van der Waals surface area contributed by atoms with E-state index in [0.29, 0.717) is 17.4 Å². The number of rotatable bonds is 54. The maximum Gasteiger partial charge on any atom is 0.268 e. The molecule has 1 amide bonds. The van der Waals surface area contributed by atoms with Crippen molar-refractivity contribution in [2.45, 2.75) is 309 Å². The maximum atomic E-state index is 12.7. The average Bonchev–Trinajstić information content (AvgIpc) is 3.27. The van der Waals surface area contributed by atoms with Gasteiger partial charge in [0.2, 0.25) is 5.91 Å². The van der Waals surface area contributed by atoms with Crippen molar-refractivity contribution in [2.75, 3.05) is 40.9 Å². The van der Waals surface area contributed by atoms with Gasteiger partial charge in [-0.05, 0) is 12.8 Å². The molecule has 3 atom stereocenters. The van der Waals surface area contributed by atoms with Crippen molar-refractivity contribution >= 4 is 13.7 Å². The van der Waals surface area contributed by atoms with Gasteiger partial charge in [0.25, 0.3) is 7.82 Å². The van der Waals surface area contributed by atoms with Crippen molar-refractivity contribution in [3.63, 3.8) is 0 Å². The second-order valence-electron chi connectivity index (χ2n) is 21.4. The van der Waals surface area contributed by atoms with Crippen LogP contribution < -0.4 is 10.2 Å². The van der Waals surface area contributed by atoms with Gasteiger partial charge in [-0.3, -0.25) is 9.36 Å². The van der Waals surface area contributed by atoms with Gasteiger partial charge in [0.15, 0.2) is 0 Å². The molecule has 0 aromatic rings. The first kappa shape index (κ1) is 65.2. The number of carbonyl (C=O) groups excluding carboxylic acids is 1. The van der Waals surface area contributed by atoms with E-state index in [2.05, 4.69) is 12.2 Å². The molecule has 0 aliphatic heterocycles. The number of carbonyl (C=O) groups is 1. The zero-order chi connectivity index (χ0) is 48.5. The summed E-state index contributed by atoms with van der Waals surface area (Å²) < 4.78 is 22.9. The third kappa shape index (κ3) is 51.1. The minimum Gasteiger partial charge on any atom is -0.756 e. The number of unbranched alkanes of at least 4 members (excludes halogenated alkanes) is 41. The fourth-order valence-electron chi connectivity index (χ4n) is 8.93. The molecule has 0 aliphatic rings. The second kappa shape index (κ2) is 49.2. The number of allylic oxidation sites excluding steroid dienone is 1. The van der Waals surface area contributed by atoms with Crippen LogP contribution in [0.2, 0.25) is 0 Å². The molecular weight excluding hydrogens is 840 g/mol. The topological polar surface area (TPSA) is 108 Å². The van der Waals surface area contributed by atoms with Gasteiger partial charge in [0, 0.05) is 6.42 Å². The standard InChI is InChI=1S/C57H115N2O6P/c1-6-8-10-11-12-13-14-15-16-17-18-19-20-21-22-23-24-25-26-27-28-29-30-31-32-33-34-35-36-37-38-39-40-41-42-43-44-45-46-47-49-51-57(61)58-55(56(60)50-48-9-7-2)54-65-66(62,63)64-53-52-59(3,4)5/h48,50,55-56,60H,6-47,49,51-54H2,1-5H3,(H-,58,61,62,63)/b50-48+. The first-order valence-corrected chi connectivity index (χ1v) is 30.5. The molecule has 0 aromatic carbocycles. The molecule has 9 heteroatoms. The Hall–Kier alpha value is -0.760. The largest absolute Gasteiger partial charge is 0.756 e. The van der Waals surface area contributed by atoms with Gasteiger partial charge in [-0.1, -0.05) is 289 Å². The Morgan fingerprint density at radius 3 is 1.11 bits per heavy atom. The number of amides is 1. The molecule has 2 N–H and O–H groups in total. The van der Waals surface area contributed by atoms with Crippen molar-refractivity contribution in [3.8, 4) is 0 Å². The van der Waals surface area contributed by atoms with Crippen LogP contribution in [0.3, 0.4) is 0 Å². The van der Waals surface area contributed by atoms with Crippen molar-refractivity contribution in [3.05, 3.63) is 12.2 Å². The van der Waals surface area contributed by atoms with Gasteiger partial charge in [0.1, 0.15) is 13.2 Å². The predicted octanol–water partition coefficient (Wildman–Crippen LogP) is 16.8. The van der Waals surface area contributed by atoms with E-state index in [0.717, 1.165) is 32.1 Å². The molecule has 0 aromatic heterocycles. The summed E-state index contributed by atoms with van der Waals surface area (Å²) in [5.41, 5.74) is 0. The summed E-state index contributed by atoms with van der Waals surface area (Å²) in [6.07, 6.45) is 61.6. The lowest BCUT2D eigenvalue weighted by Crippen LogP contribution is -2.45. The summed E-state index contributed by atoms with van der Waals surface area (Å²) in [7, 11) is 1.27. The summed E-state index contributed by atoms with van der Waals surface area (Å²) in [4.78, 5) is 25.0. The fraction of sp³-hybridized carbons (Fsp3) is 0.947. The Labute approximate surface area is 412 Å². The van der Waals surface area contributed by atoms with Gasteiger partial charge >= 0.3 is 0 Å². The van der Waals surface area contributed by atoms with Crippen LogP contribution in [0.5, 0.6) is 0 Å². The zero-order valence-corrected chi connectivity index (χ0v) is 45.8. The minimum atomic E-state index is -4.56. The van der Waals surface area contributed by atoms with Gasteiger partial charge in [-0.15, -0.1) is 0 Å². The van der Waals surface area contributed by atoms with Crippen LogP contribution in [0.4, 0.5) is 0 Å². The van der Waals surface area contributed by atoms with Crippen LogP contribution in [0.15, 0.2) is 12.2 Å². The molecule has 0 spiro atoms. The number of quaternary nitrogens is 1. The van der Waals surface area contributed by atoms with Crippen molar-refractivity contribution in [2.24, 2.45) is 0 Å². The Kier molecular flexibility index (Phi) is 48.7. The quantitative estimate of drug-likeness (QED) is 0.0272. The number of hydrogen-bond donors (Lipinski definition) is 2. The van der Waals surface area contributed by atoms with Gasteiger partial charge in [-0.2, -0.15) is 0 Å². The smallest absolute Gasteiger partial charge is 0.268 e. The lowest BCUT2D eigenvalue weighted by molar-refractivity contribution is -0.870. The van der Waals surface area contributed by atoms with E-state index in [-0.39, 0.29) is 19.1 Å². The SMILES string of the molecule is CCC/C=C/C(O)C(COP(=O)([O-])OCC[N+](C)(C)C)NC(=O)CCCCCCCCCCCCCCCCCCCCCCCCCCCCCCCCCCCCCCCCCCC. The van der Waals surface area contributed by atoms with E-state index < -0.39 is 20.0 Å². The number of nitrogens with zero attached hydrogens (tertiary/aromatic N) is 1. The second-order valence-corrected chi connectivity index (χ2v) is 22.8. The number of nitrogens with one attached hydrogen (secondary N) is 1. The number of aliphatic hydroxyl groups excluding tert-OH is 1. The summed E-state index contributed by atoms with van der Waals surface area (Å²) >= 11 is 0. The lowest BCUT2D eigenvalue weighted by Gasteiger charge is -2.29. The highest BCUT2D eigenvalue weighted by atomic mass is 31.2. The highest BCUT2D eigenvalue weighted by Gasteiger charge is 2.23. The summed E-state index contributed by atoms with van der Waals surface area (Å²) in [6, 6.07) is -0.877. The average molecular weight is 956 g/mol. The minimum absolute atomic E-state index is 0.0000656. The van der Waals surface area contributed by atoms with Crippen LogP contribution in [0.1, 0.15) is 296 Å². The van der Waals surface area contributed by atoms with Crippen molar-refractivity contribution in [1.82, 2.24) is 5.32 Å².